The molecule has 3 atom stereocenters. The quantitative estimate of drug-likeness (QED) is 0.0754. The molecule has 0 aliphatic rings. The molecule has 6 N–H and O–H groups in total. The number of carbonyl (C=O) groups excluding carboxylic acids is 4. The van der Waals surface area contributed by atoms with Gasteiger partial charge in [0.2, 0.25) is 17.7 Å². The second-order valence-corrected chi connectivity index (χ2v) is 10.4. The third-order valence-corrected chi connectivity index (χ3v) is 5.97. The second-order valence-electron chi connectivity index (χ2n) is 10.4. The van der Waals surface area contributed by atoms with E-state index in [0.717, 1.165) is 5.56 Å². The largest absolute Gasteiger partial charge is 0.475 e. The van der Waals surface area contributed by atoms with Crippen molar-refractivity contribution in [2.45, 2.75) is 78.3 Å². The molecule has 11 nitrogen and oxygen atoms in total. The maximum absolute atomic E-state index is 13.2. The first-order valence-electron chi connectivity index (χ1n) is 13.6. The van der Waals surface area contributed by atoms with Gasteiger partial charge < -0.3 is 31.3 Å². The van der Waals surface area contributed by atoms with E-state index in [1.54, 1.807) is 44.2 Å². The minimum Gasteiger partial charge on any atom is -0.426 e. The topological polar surface area (TPSA) is 181 Å². The van der Waals surface area contributed by atoms with Crippen LogP contribution in [0, 0.1) is 23.2 Å². The highest BCUT2D eigenvalue weighted by Gasteiger charge is 2.30. The molecular weight excluding hydrogens is 513 g/mol. The van der Waals surface area contributed by atoms with Crippen LogP contribution in [0.15, 0.2) is 42.0 Å². The Kier molecular flexibility index (Phi) is 15.3. The molecule has 0 saturated carbocycles. The molecule has 1 rings (SSSR count). The lowest BCUT2D eigenvalue weighted by Crippen LogP contribution is -2.57. The third kappa shape index (κ3) is 12.9. The molecule has 0 heterocycles. The van der Waals surface area contributed by atoms with Gasteiger partial charge in [0.05, 0.1) is 5.94 Å². The fraction of sp³-hybridized carbons (Fsp3) is 0.536. The van der Waals surface area contributed by atoms with E-state index in [1.807, 2.05) is 26.0 Å². The van der Waals surface area contributed by atoms with Gasteiger partial charge in [0.25, 0.3) is 5.91 Å². The molecule has 12 heteroatoms. The van der Waals surface area contributed by atoms with Crippen molar-refractivity contribution in [3.05, 3.63) is 47.5 Å². The second kappa shape index (κ2) is 17.8. The maximum atomic E-state index is 13.2. The summed E-state index contributed by atoms with van der Waals surface area (Å²) in [5, 5.41) is 39.5. The summed E-state index contributed by atoms with van der Waals surface area (Å²) in [7, 11) is -1.84. The number of carbonyl (C=O) groups is 4. The summed E-state index contributed by atoms with van der Waals surface area (Å²) in [6, 6.07) is 8.95. The van der Waals surface area contributed by atoms with Gasteiger partial charge in [0, 0.05) is 12.5 Å². The highest BCUT2D eigenvalue weighted by Crippen LogP contribution is 2.08. The molecule has 0 fully saturated rings. The minimum atomic E-state index is -1.84. The number of nitriles is 1. The normalized spacial score (nSPS) is 13.6. The van der Waals surface area contributed by atoms with Crippen molar-refractivity contribution in [1.82, 2.24) is 21.3 Å². The summed E-state index contributed by atoms with van der Waals surface area (Å²) in [5.41, 5.74) is 0.814. The highest BCUT2D eigenvalue weighted by atomic mass is 16.4. The number of nitrogens with zero attached hydrogens (tertiary/aromatic N) is 1. The van der Waals surface area contributed by atoms with Gasteiger partial charge in [-0.1, -0.05) is 64.1 Å². The molecule has 1 aromatic carbocycles. The average molecular weight is 555 g/mol. The molecule has 218 valence electrons. The molecule has 0 spiro atoms. The van der Waals surface area contributed by atoms with E-state index in [4.69, 9.17) is 0 Å². The maximum Gasteiger partial charge on any atom is 0.475 e. The van der Waals surface area contributed by atoms with E-state index in [0.29, 0.717) is 12.8 Å². The van der Waals surface area contributed by atoms with Crippen LogP contribution in [0.5, 0.6) is 0 Å². The number of hydrogen-bond donors (Lipinski definition) is 6. The molecular formula is C28H42BN5O6. The number of allylic oxidation sites excluding steroid dienone is 1. The van der Waals surface area contributed by atoms with Crippen LogP contribution >= 0.6 is 0 Å². The van der Waals surface area contributed by atoms with Gasteiger partial charge in [-0.05, 0) is 44.1 Å². The van der Waals surface area contributed by atoms with Crippen LogP contribution in [0.2, 0.25) is 0 Å². The molecule has 40 heavy (non-hydrogen) atoms. The summed E-state index contributed by atoms with van der Waals surface area (Å²) >= 11 is 0. The zero-order valence-corrected chi connectivity index (χ0v) is 23.9. The van der Waals surface area contributed by atoms with Gasteiger partial charge in [0.15, 0.2) is 0 Å². The zero-order valence-electron chi connectivity index (χ0n) is 23.9. The Balaban J connectivity index is 2.87. The van der Waals surface area contributed by atoms with E-state index >= 15 is 0 Å². The number of amides is 4. The van der Waals surface area contributed by atoms with Gasteiger partial charge in [0.1, 0.15) is 23.7 Å². The van der Waals surface area contributed by atoms with Gasteiger partial charge in [-0.25, -0.2) is 0 Å². The van der Waals surface area contributed by atoms with Crippen molar-refractivity contribution >= 4 is 30.7 Å². The molecule has 0 radical (unpaired) electrons. The highest BCUT2D eigenvalue weighted by molar-refractivity contribution is 6.43. The van der Waals surface area contributed by atoms with Crippen molar-refractivity contribution in [2.75, 3.05) is 6.54 Å². The standard InChI is InChI=1S/C28H42BN5O6/c1-18(2)15-22(17-30)27(37)31-14-10-9-13-23(33-26(36)20(5)32-25(35)19(3)4)28(38)34-24(29(39)40)16-21-11-7-6-8-12-21/h6-8,11-12,15,18-20,23-24,39-40H,9-10,13-14,16H2,1-5H3,(H,31,37)(H,32,35)(H,33,36)(H,34,38)/t20?,23?,24-/m0/s1. The Morgan fingerprint density at radius 1 is 0.925 bits per heavy atom. The van der Waals surface area contributed by atoms with Crippen molar-refractivity contribution < 1.29 is 29.2 Å². The first-order chi connectivity index (χ1) is 18.8. The Hall–Kier alpha value is -3.69. The fourth-order valence-corrected chi connectivity index (χ4v) is 3.66. The van der Waals surface area contributed by atoms with E-state index in [-0.39, 0.29) is 42.7 Å². The zero-order chi connectivity index (χ0) is 30.2. The van der Waals surface area contributed by atoms with Crippen LogP contribution in [0.3, 0.4) is 0 Å². The lowest BCUT2D eigenvalue weighted by atomic mass is 9.75. The summed E-state index contributed by atoms with van der Waals surface area (Å²) in [5.74, 6) is -3.28. The van der Waals surface area contributed by atoms with Gasteiger partial charge in [-0.3, -0.25) is 19.2 Å². The van der Waals surface area contributed by atoms with Crippen molar-refractivity contribution in [3.8, 4) is 6.07 Å². The number of nitrogens with one attached hydrogen (secondary N) is 4. The van der Waals surface area contributed by atoms with Crippen molar-refractivity contribution in [3.63, 3.8) is 0 Å². The first kappa shape index (κ1) is 34.3. The molecule has 1 aromatic rings. The predicted octanol–water partition coefficient (Wildman–Crippen LogP) is 0.764. The van der Waals surface area contributed by atoms with Gasteiger partial charge >= 0.3 is 7.12 Å². The fourth-order valence-electron chi connectivity index (χ4n) is 3.66. The number of benzene rings is 1. The third-order valence-electron chi connectivity index (χ3n) is 5.97. The molecule has 2 unspecified atom stereocenters. The minimum absolute atomic E-state index is 0.0315. The predicted molar refractivity (Wildman–Crippen MR) is 152 cm³/mol. The monoisotopic (exact) mass is 555 g/mol. The Bertz CT molecular complexity index is 1060. The van der Waals surface area contributed by atoms with Crippen molar-refractivity contribution in [2.24, 2.45) is 11.8 Å². The van der Waals surface area contributed by atoms with Crippen molar-refractivity contribution in [1.29, 1.82) is 5.26 Å². The first-order valence-corrected chi connectivity index (χ1v) is 13.6. The van der Waals surface area contributed by atoms with E-state index in [1.165, 1.54) is 6.92 Å². The summed E-state index contributed by atoms with van der Waals surface area (Å²) < 4.78 is 0. The smallest absolute Gasteiger partial charge is 0.426 e. The van der Waals surface area contributed by atoms with Crippen LogP contribution < -0.4 is 21.3 Å². The summed E-state index contributed by atoms with van der Waals surface area (Å²) in [6.07, 6.45) is 2.80. The van der Waals surface area contributed by atoms with Crippen LogP contribution in [0.4, 0.5) is 0 Å². The molecule has 4 amide bonds. The molecule has 0 aliphatic heterocycles. The average Bonchev–Trinajstić information content (AvgIpc) is 2.90. The number of rotatable bonds is 16. The molecule has 0 aliphatic carbocycles. The summed E-state index contributed by atoms with van der Waals surface area (Å²) in [6.45, 7) is 8.87. The van der Waals surface area contributed by atoms with E-state index in [2.05, 4.69) is 21.3 Å². The Morgan fingerprint density at radius 3 is 2.12 bits per heavy atom. The Morgan fingerprint density at radius 2 is 1.57 bits per heavy atom. The van der Waals surface area contributed by atoms with Crippen LogP contribution in [0.1, 0.15) is 59.4 Å². The van der Waals surface area contributed by atoms with Crippen LogP contribution in [-0.4, -0.2) is 65.4 Å². The number of hydrogen-bond acceptors (Lipinski definition) is 7. The van der Waals surface area contributed by atoms with E-state index < -0.39 is 42.9 Å². The lowest BCUT2D eigenvalue weighted by molar-refractivity contribution is -0.132. The van der Waals surface area contributed by atoms with E-state index in [9.17, 15) is 34.5 Å². The lowest BCUT2D eigenvalue weighted by Gasteiger charge is -2.25. The van der Waals surface area contributed by atoms with Gasteiger partial charge in [-0.15, -0.1) is 0 Å². The van der Waals surface area contributed by atoms with Gasteiger partial charge in [-0.2, -0.15) is 5.26 Å². The molecule has 0 aromatic heterocycles. The Labute approximate surface area is 236 Å². The van der Waals surface area contributed by atoms with Crippen LogP contribution in [-0.2, 0) is 25.6 Å². The number of unbranched alkanes of at least 4 members (excludes halogenated alkanes) is 1. The molecule has 0 saturated heterocycles. The SMILES string of the molecule is CC(C)C=C(C#N)C(=O)NCCCCC(NC(=O)C(C)NC(=O)C(C)C)C(=O)N[C@@H](Cc1ccccc1)B(O)O. The summed E-state index contributed by atoms with van der Waals surface area (Å²) in [4.78, 5) is 50.2. The molecule has 0 bridgehead atoms. The van der Waals surface area contributed by atoms with Crippen LogP contribution in [0.25, 0.3) is 0 Å².